The Kier molecular flexibility index (Phi) is 4.15. The number of nitrogens with zero attached hydrogens (tertiary/aromatic N) is 1. The van der Waals surface area contributed by atoms with Crippen LogP contribution in [0.15, 0.2) is 12.2 Å². The Bertz CT molecular complexity index is 522. The summed E-state index contributed by atoms with van der Waals surface area (Å²) in [5.41, 5.74) is -1.07. The van der Waals surface area contributed by atoms with E-state index in [-0.39, 0.29) is 24.0 Å². The molecule has 0 spiro atoms. The van der Waals surface area contributed by atoms with Crippen LogP contribution in [0, 0.1) is 5.92 Å². The van der Waals surface area contributed by atoms with Crippen LogP contribution in [0.3, 0.4) is 0 Å². The van der Waals surface area contributed by atoms with Gasteiger partial charge in [-0.15, -0.1) is 0 Å². The number of allylic oxidation sites excluding steroid dienone is 1. The fourth-order valence-corrected chi connectivity index (χ4v) is 4.18. The zero-order chi connectivity index (χ0) is 16.7. The van der Waals surface area contributed by atoms with E-state index < -0.39 is 11.2 Å². The van der Waals surface area contributed by atoms with Gasteiger partial charge in [-0.1, -0.05) is 12.2 Å². The van der Waals surface area contributed by atoms with Crippen molar-refractivity contribution >= 4 is 12.1 Å². The van der Waals surface area contributed by atoms with Gasteiger partial charge in [0.25, 0.3) is 0 Å². The number of ether oxygens (including phenoxy) is 2. The minimum absolute atomic E-state index is 0.0764. The molecule has 5 heteroatoms. The van der Waals surface area contributed by atoms with E-state index in [9.17, 15) is 9.59 Å². The van der Waals surface area contributed by atoms with Gasteiger partial charge in [0, 0.05) is 18.9 Å². The summed E-state index contributed by atoms with van der Waals surface area (Å²) < 4.78 is 11.5. The molecule has 128 valence electrons. The van der Waals surface area contributed by atoms with Crippen molar-refractivity contribution < 1.29 is 19.1 Å². The van der Waals surface area contributed by atoms with Crippen LogP contribution in [0.25, 0.3) is 0 Å². The molecule has 2 aliphatic heterocycles. The van der Waals surface area contributed by atoms with E-state index in [2.05, 4.69) is 12.2 Å². The molecule has 0 unspecified atom stereocenters. The normalized spacial score (nSPS) is 34.0. The second-order valence-electron chi connectivity index (χ2n) is 7.93. The predicted molar refractivity (Wildman–Crippen MR) is 85.9 cm³/mol. The molecule has 0 aromatic rings. The largest absolute Gasteiger partial charge is 0.456 e. The van der Waals surface area contributed by atoms with E-state index in [0.29, 0.717) is 19.4 Å². The lowest BCUT2D eigenvalue weighted by Crippen LogP contribution is -2.60. The van der Waals surface area contributed by atoms with Gasteiger partial charge in [-0.3, -0.25) is 4.79 Å². The highest BCUT2D eigenvalue weighted by atomic mass is 16.6. The van der Waals surface area contributed by atoms with Crippen molar-refractivity contribution in [2.24, 2.45) is 5.92 Å². The number of hydrogen-bond donors (Lipinski definition) is 0. The summed E-state index contributed by atoms with van der Waals surface area (Å²) in [6, 6.07) is -0.0764. The first-order chi connectivity index (χ1) is 10.8. The van der Waals surface area contributed by atoms with Gasteiger partial charge >= 0.3 is 12.1 Å². The van der Waals surface area contributed by atoms with E-state index in [0.717, 1.165) is 25.7 Å². The molecule has 2 fully saturated rings. The topological polar surface area (TPSA) is 55.8 Å². The molecule has 0 aromatic heterocycles. The second-order valence-corrected chi connectivity index (χ2v) is 7.93. The maximum absolute atomic E-state index is 12.7. The van der Waals surface area contributed by atoms with Crippen molar-refractivity contribution in [1.29, 1.82) is 0 Å². The summed E-state index contributed by atoms with van der Waals surface area (Å²) in [6.45, 7) is 6.31. The van der Waals surface area contributed by atoms with Crippen LogP contribution in [-0.2, 0) is 14.3 Å². The molecule has 0 bridgehead atoms. The molecule has 3 atom stereocenters. The van der Waals surface area contributed by atoms with Crippen molar-refractivity contribution in [3.63, 3.8) is 0 Å². The summed E-state index contributed by atoms with van der Waals surface area (Å²) in [6.07, 6.45) is 8.85. The number of piperidine rings is 1. The number of hydrogen-bond acceptors (Lipinski definition) is 4. The summed E-state index contributed by atoms with van der Waals surface area (Å²) in [7, 11) is 0. The summed E-state index contributed by atoms with van der Waals surface area (Å²) in [4.78, 5) is 26.5. The molecule has 1 amide bonds. The van der Waals surface area contributed by atoms with E-state index >= 15 is 0 Å². The quantitative estimate of drug-likeness (QED) is 0.548. The molecule has 1 aliphatic carbocycles. The first-order valence-corrected chi connectivity index (χ1v) is 8.68. The number of likely N-dealkylation sites (tertiary alicyclic amines) is 1. The van der Waals surface area contributed by atoms with Crippen LogP contribution < -0.4 is 0 Å². The van der Waals surface area contributed by atoms with Crippen LogP contribution >= 0.6 is 0 Å². The lowest BCUT2D eigenvalue weighted by molar-refractivity contribution is -0.158. The monoisotopic (exact) mass is 321 g/mol. The second kappa shape index (κ2) is 5.84. The molecule has 2 heterocycles. The number of carbonyl (C=O) groups is 2. The van der Waals surface area contributed by atoms with Gasteiger partial charge < -0.3 is 14.4 Å². The van der Waals surface area contributed by atoms with Gasteiger partial charge in [0.1, 0.15) is 11.2 Å². The Balaban J connectivity index is 1.87. The SMILES string of the molecule is CC(C)(C)OC(=O)N1CCCC[C@@H]1[C@]12CC=CC[C@H]1CC(=O)O2. The van der Waals surface area contributed by atoms with Gasteiger partial charge in [0.15, 0.2) is 0 Å². The number of fused-ring (bicyclic) bond motifs is 1. The maximum atomic E-state index is 12.7. The molecule has 0 N–H and O–H groups in total. The molecule has 0 aromatic carbocycles. The van der Waals surface area contributed by atoms with E-state index in [4.69, 9.17) is 9.47 Å². The molecule has 3 rings (SSSR count). The van der Waals surface area contributed by atoms with Gasteiger partial charge in [0.2, 0.25) is 0 Å². The zero-order valence-corrected chi connectivity index (χ0v) is 14.3. The Morgan fingerprint density at radius 3 is 2.87 bits per heavy atom. The number of carbonyl (C=O) groups excluding carboxylic acids is 2. The number of esters is 1. The maximum Gasteiger partial charge on any atom is 0.410 e. The highest BCUT2D eigenvalue weighted by Crippen LogP contribution is 2.47. The average Bonchev–Trinajstić information content (AvgIpc) is 2.82. The van der Waals surface area contributed by atoms with Crippen LogP contribution in [0.2, 0.25) is 0 Å². The van der Waals surface area contributed by atoms with Crippen LogP contribution in [-0.4, -0.2) is 40.8 Å². The third kappa shape index (κ3) is 3.10. The zero-order valence-electron chi connectivity index (χ0n) is 14.3. The minimum atomic E-state index is -0.552. The molecule has 23 heavy (non-hydrogen) atoms. The molecular formula is C18H27NO4. The third-order valence-corrected chi connectivity index (χ3v) is 5.13. The van der Waals surface area contributed by atoms with Crippen molar-refractivity contribution in [1.82, 2.24) is 4.90 Å². The van der Waals surface area contributed by atoms with Crippen molar-refractivity contribution in [3.8, 4) is 0 Å². The van der Waals surface area contributed by atoms with E-state index in [1.807, 2.05) is 25.7 Å². The van der Waals surface area contributed by atoms with Gasteiger partial charge in [-0.05, 0) is 46.5 Å². The first kappa shape index (κ1) is 16.3. The minimum Gasteiger partial charge on any atom is -0.456 e. The van der Waals surface area contributed by atoms with Gasteiger partial charge in [-0.2, -0.15) is 0 Å². The predicted octanol–water partition coefficient (Wildman–Crippen LogP) is 3.43. The molecular weight excluding hydrogens is 294 g/mol. The van der Waals surface area contributed by atoms with E-state index in [1.165, 1.54) is 0 Å². The Morgan fingerprint density at radius 1 is 1.35 bits per heavy atom. The van der Waals surface area contributed by atoms with Crippen LogP contribution in [0.4, 0.5) is 4.79 Å². The lowest BCUT2D eigenvalue weighted by Gasteiger charge is -2.48. The summed E-state index contributed by atoms with van der Waals surface area (Å²) >= 11 is 0. The third-order valence-electron chi connectivity index (χ3n) is 5.13. The standard InChI is InChI=1S/C18H27NO4/c1-17(2,3)23-16(21)19-11-7-5-9-14(19)18-10-6-4-8-13(18)12-15(20)22-18/h4,6,13-14H,5,7-12H2,1-3H3/t13-,14+,18-/m0/s1. The van der Waals surface area contributed by atoms with Crippen LogP contribution in [0.1, 0.15) is 59.3 Å². The first-order valence-electron chi connectivity index (χ1n) is 8.68. The molecule has 3 aliphatic rings. The summed E-state index contributed by atoms with van der Waals surface area (Å²) in [5, 5.41) is 0. The molecule has 0 saturated carbocycles. The van der Waals surface area contributed by atoms with E-state index in [1.54, 1.807) is 0 Å². The smallest absolute Gasteiger partial charge is 0.410 e. The Morgan fingerprint density at radius 2 is 2.13 bits per heavy atom. The van der Waals surface area contributed by atoms with Gasteiger partial charge in [-0.25, -0.2) is 4.79 Å². The highest BCUT2D eigenvalue weighted by Gasteiger charge is 2.57. The molecule has 2 saturated heterocycles. The van der Waals surface area contributed by atoms with Crippen molar-refractivity contribution in [3.05, 3.63) is 12.2 Å². The van der Waals surface area contributed by atoms with Crippen LogP contribution in [0.5, 0.6) is 0 Å². The molecule has 0 radical (unpaired) electrons. The van der Waals surface area contributed by atoms with Crippen molar-refractivity contribution in [2.75, 3.05) is 6.54 Å². The number of amides is 1. The van der Waals surface area contributed by atoms with Crippen molar-refractivity contribution in [2.45, 2.75) is 76.5 Å². The Hall–Kier alpha value is -1.52. The highest BCUT2D eigenvalue weighted by molar-refractivity contribution is 5.74. The fraction of sp³-hybridized carbons (Fsp3) is 0.778. The Labute approximate surface area is 138 Å². The average molecular weight is 321 g/mol. The van der Waals surface area contributed by atoms with Gasteiger partial charge in [0.05, 0.1) is 12.5 Å². The summed E-state index contributed by atoms with van der Waals surface area (Å²) in [5.74, 6) is 0.0430. The lowest BCUT2D eigenvalue weighted by atomic mass is 9.71. The number of rotatable bonds is 1. The fourth-order valence-electron chi connectivity index (χ4n) is 4.18. The molecule has 5 nitrogen and oxygen atoms in total.